The highest BCUT2D eigenvalue weighted by molar-refractivity contribution is 5.40. The minimum absolute atomic E-state index is 0.666. The Morgan fingerprint density at radius 1 is 1.17 bits per heavy atom. The summed E-state index contributed by atoms with van der Waals surface area (Å²) in [4.78, 5) is 0. The van der Waals surface area contributed by atoms with Crippen LogP contribution >= 0.6 is 0 Å². The van der Waals surface area contributed by atoms with Crippen molar-refractivity contribution in [3.05, 3.63) is 41.3 Å². The molecule has 0 amide bonds. The van der Waals surface area contributed by atoms with Gasteiger partial charge in [-0.15, -0.1) is 0 Å². The Bertz CT molecular complexity index is 263. The molecule has 1 aliphatic rings. The molecule has 0 heterocycles. The lowest BCUT2D eigenvalue weighted by Crippen LogP contribution is -2.13. The summed E-state index contributed by atoms with van der Waals surface area (Å²) in [7, 11) is 0. The van der Waals surface area contributed by atoms with Crippen molar-refractivity contribution < 1.29 is 0 Å². The third-order valence-electron chi connectivity index (χ3n) is 2.58. The molecule has 0 saturated heterocycles. The van der Waals surface area contributed by atoms with Crippen LogP contribution < -0.4 is 5.73 Å². The van der Waals surface area contributed by atoms with Crippen LogP contribution in [0, 0.1) is 5.92 Å². The van der Waals surface area contributed by atoms with E-state index in [-0.39, 0.29) is 0 Å². The topological polar surface area (TPSA) is 26.0 Å². The number of hydrogen-bond donors (Lipinski definition) is 1. The molecule has 2 N–H and O–H groups in total. The predicted molar refractivity (Wildman–Crippen MR) is 50.5 cm³/mol. The Labute approximate surface area is 73.6 Å². The predicted octanol–water partition coefficient (Wildman–Crippen LogP) is 2.25. The lowest BCUT2D eigenvalue weighted by Gasteiger charge is -2.26. The molecule has 0 spiro atoms. The first kappa shape index (κ1) is 7.81. The highest BCUT2D eigenvalue weighted by Gasteiger charge is 2.21. The van der Waals surface area contributed by atoms with Gasteiger partial charge in [0.2, 0.25) is 0 Å². The summed E-state index contributed by atoms with van der Waals surface area (Å²) in [5, 5.41) is 0. The van der Waals surface area contributed by atoms with Crippen LogP contribution in [0.5, 0.6) is 0 Å². The summed E-state index contributed by atoms with van der Waals surface area (Å²) < 4.78 is 0. The van der Waals surface area contributed by atoms with E-state index in [1.54, 1.807) is 5.92 Å². The summed E-state index contributed by atoms with van der Waals surface area (Å²) in [6.07, 6.45) is 3.91. The summed E-state index contributed by atoms with van der Waals surface area (Å²) in [5.74, 6) is 1.59. The first-order valence-corrected chi connectivity index (χ1v) is 4.55. The van der Waals surface area contributed by atoms with E-state index in [1.807, 2.05) is 0 Å². The second-order valence-electron chi connectivity index (χ2n) is 3.32. The first-order valence-electron chi connectivity index (χ1n) is 4.55. The molecule has 1 fully saturated rings. The lowest BCUT2D eigenvalue weighted by molar-refractivity contribution is 0.574. The number of hydrogen-bond acceptors (Lipinski definition) is 1. The lowest BCUT2D eigenvalue weighted by atomic mass is 9.78. The Kier molecular flexibility index (Phi) is 2.13. The fourth-order valence-corrected chi connectivity index (χ4v) is 1.67. The molecule has 12 heavy (non-hydrogen) atoms. The standard InChI is InChI=1S/C11H14N/c12-8-10-4-1-2-7-11(10)9-5-3-6-9/h1-2,4,7H,3,5-6,8,12H2. The zero-order valence-electron chi connectivity index (χ0n) is 7.22. The van der Waals surface area contributed by atoms with Gasteiger partial charge in [-0.25, -0.2) is 0 Å². The van der Waals surface area contributed by atoms with Crippen LogP contribution in [0.15, 0.2) is 24.3 Å². The van der Waals surface area contributed by atoms with Gasteiger partial charge in [-0.1, -0.05) is 30.7 Å². The highest BCUT2D eigenvalue weighted by Crippen LogP contribution is 2.36. The molecule has 1 aliphatic carbocycles. The van der Waals surface area contributed by atoms with E-state index in [2.05, 4.69) is 24.3 Å². The highest BCUT2D eigenvalue weighted by atomic mass is 14.5. The van der Waals surface area contributed by atoms with Gasteiger partial charge in [0, 0.05) is 12.5 Å². The van der Waals surface area contributed by atoms with E-state index in [0.29, 0.717) is 6.54 Å². The molecular weight excluding hydrogens is 146 g/mol. The van der Waals surface area contributed by atoms with Crippen molar-refractivity contribution >= 4 is 0 Å². The summed E-state index contributed by atoms with van der Waals surface area (Å²) in [5.41, 5.74) is 8.36. The van der Waals surface area contributed by atoms with E-state index in [4.69, 9.17) is 5.73 Å². The van der Waals surface area contributed by atoms with Gasteiger partial charge >= 0.3 is 0 Å². The minimum atomic E-state index is 0.666. The zero-order valence-corrected chi connectivity index (χ0v) is 7.22. The molecular formula is C11H14N. The number of benzene rings is 1. The number of nitrogens with two attached hydrogens (primary N) is 1. The van der Waals surface area contributed by atoms with E-state index >= 15 is 0 Å². The molecule has 0 unspecified atom stereocenters. The average molecular weight is 160 g/mol. The SMILES string of the molecule is NCc1ccccc1[C]1CCC1. The van der Waals surface area contributed by atoms with Crippen LogP contribution in [0.4, 0.5) is 0 Å². The van der Waals surface area contributed by atoms with Crippen LogP contribution in [-0.4, -0.2) is 0 Å². The molecule has 0 aromatic heterocycles. The smallest absolute Gasteiger partial charge is 0.0181 e. The summed E-state index contributed by atoms with van der Waals surface area (Å²) in [6.45, 7) is 0.666. The normalized spacial score (nSPS) is 17.4. The van der Waals surface area contributed by atoms with Crippen LogP contribution in [0.3, 0.4) is 0 Å². The molecule has 2 rings (SSSR count). The van der Waals surface area contributed by atoms with Crippen molar-refractivity contribution in [3.63, 3.8) is 0 Å². The molecule has 1 aromatic rings. The fraction of sp³-hybridized carbons (Fsp3) is 0.364. The van der Waals surface area contributed by atoms with Crippen molar-refractivity contribution in [2.45, 2.75) is 25.8 Å². The average Bonchev–Trinajstić information content (AvgIpc) is 2.02. The van der Waals surface area contributed by atoms with Crippen LogP contribution in [-0.2, 0) is 6.54 Å². The molecule has 63 valence electrons. The van der Waals surface area contributed by atoms with E-state index in [0.717, 1.165) is 0 Å². The first-order chi connectivity index (χ1) is 5.92. The van der Waals surface area contributed by atoms with Crippen LogP contribution in [0.25, 0.3) is 0 Å². The van der Waals surface area contributed by atoms with E-state index in [9.17, 15) is 0 Å². The monoisotopic (exact) mass is 160 g/mol. The van der Waals surface area contributed by atoms with Crippen molar-refractivity contribution in [1.82, 2.24) is 0 Å². The maximum Gasteiger partial charge on any atom is 0.0181 e. The van der Waals surface area contributed by atoms with Gasteiger partial charge in [0.05, 0.1) is 0 Å². The van der Waals surface area contributed by atoms with Crippen molar-refractivity contribution in [2.75, 3.05) is 0 Å². The van der Waals surface area contributed by atoms with Crippen molar-refractivity contribution in [2.24, 2.45) is 5.73 Å². The molecule has 1 saturated carbocycles. The summed E-state index contributed by atoms with van der Waals surface area (Å²) >= 11 is 0. The van der Waals surface area contributed by atoms with Gasteiger partial charge in [-0.2, -0.15) is 0 Å². The third kappa shape index (κ3) is 1.25. The van der Waals surface area contributed by atoms with Gasteiger partial charge < -0.3 is 5.73 Å². The van der Waals surface area contributed by atoms with Crippen molar-refractivity contribution in [1.29, 1.82) is 0 Å². The zero-order chi connectivity index (χ0) is 8.39. The maximum atomic E-state index is 5.65. The van der Waals surface area contributed by atoms with Crippen molar-refractivity contribution in [3.8, 4) is 0 Å². The minimum Gasteiger partial charge on any atom is -0.326 e. The van der Waals surface area contributed by atoms with Gasteiger partial charge in [0.25, 0.3) is 0 Å². The van der Waals surface area contributed by atoms with E-state index in [1.165, 1.54) is 30.4 Å². The second-order valence-corrected chi connectivity index (χ2v) is 3.32. The fourth-order valence-electron chi connectivity index (χ4n) is 1.67. The van der Waals surface area contributed by atoms with Gasteiger partial charge in [-0.05, 0) is 24.0 Å². The van der Waals surface area contributed by atoms with Gasteiger partial charge in [-0.3, -0.25) is 0 Å². The van der Waals surface area contributed by atoms with Crippen LogP contribution in [0.1, 0.15) is 30.4 Å². The summed E-state index contributed by atoms with van der Waals surface area (Å²) in [6, 6.07) is 8.47. The largest absolute Gasteiger partial charge is 0.326 e. The molecule has 0 atom stereocenters. The molecule has 1 aromatic carbocycles. The Morgan fingerprint density at radius 2 is 1.92 bits per heavy atom. The second kappa shape index (κ2) is 3.28. The Morgan fingerprint density at radius 3 is 2.50 bits per heavy atom. The number of rotatable bonds is 2. The Hall–Kier alpha value is -0.820. The third-order valence-corrected chi connectivity index (χ3v) is 2.58. The van der Waals surface area contributed by atoms with Gasteiger partial charge in [0.15, 0.2) is 0 Å². The quantitative estimate of drug-likeness (QED) is 0.705. The molecule has 0 aliphatic heterocycles. The van der Waals surface area contributed by atoms with Crippen LogP contribution in [0.2, 0.25) is 0 Å². The molecule has 0 bridgehead atoms. The molecule has 1 nitrogen and oxygen atoms in total. The molecule has 1 radical (unpaired) electrons. The van der Waals surface area contributed by atoms with E-state index < -0.39 is 0 Å². The maximum absolute atomic E-state index is 5.65. The van der Waals surface area contributed by atoms with Gasteiger partial charge in [0.1, 0.15) is 0 Å². The molecule has 1 heteroatoms. The Balaban J connectivity index is 2.27.